The van der Waals surface area contributed by atoms with Crippen molar-refractivity contribution in [2.45, 2.75) is 26.3 Å². The molecule has 0 N–H and O–H groups in total. The lowest BCUT2D eigenvalue weighted by molar-refractivity contribution is 0.392. The van der Waals surface area contributed by atoms with Crippen molar-refractivity contribution in [1.82, 2.24) is 4.90 Å². The van der Waals surface area contributed by atoms with E-state index in [1.807, 2.05) is 0 Å². The zero-order valence-electron chi connectivity index (χ0n) is 17.3. The molecular weight excluding hydrogens is 362 g/mol. The predicted molar refractivity (Wildman–Crippen MR) is 125 cm³/mol. The van der Waals surface area contributed by atoms with Crippen LogP contribution in [0.15, 0.2) is 54.6 Å². The van der Waals surface area contributed by atoms with Crippen molar-refractivity contribution in [3.8, 4) is 0 Å². The molecular formula is C24H29N3S. The van der Waals surface area contributed by atoms with Crippen LogP contribution in [-0.4, -0.2) is 48.7 Å². The molecule has 2 heterocycles. The quantitative estimate of drug-likeness (QED) is 0.679. The maximum absolute atomic E-state index is 5.89. The lowest BCUT2D eigenvalue weighted by Gasteiger charge is -2.41. The van der Waals surface area contributed by atoms with Gasteiger partial charge in [-0.05, 0) is 56.7 Å². The summed E-state index contributed by atoms with van der Waals surface area (Å²) in [7, 11) is 2.17. The van der Waals surface area contributed by atoms with Gasteiger partial charge in [-0.2, -0.15) is 0 Å². The highest BCUT2D eigenvalue weighted by Gasteiger charge is 2.29. The van der Waals surface area contributed by atoms with E-state index in [9.17, 15) is 0 Å². The molecule has 0 saturated carbocycles. The number of allylic oxidation sites excluding steroid dienone is 1. The van der Waals surface area contributed by atoms with Gasteiger partial charge in [0.15, 0.2) is 0 Å². The van der Waals surface area contributed by atoms with Crippen LogP contribution < -0.4 is 9.80 Å². The molecule has 1 saturated heterocycles. The number of benzene rings is 2. The van der Waals surface area contributed by atoms with Crippen molar-refractivity contribution in [2.75, 3.05) is 43.0 Å². The molecule has 2 aromatic rings. The maximum atomic E-state index is 5.89. The summed E-state index contributed by atoms with van der Waals surface area (Å²) in [5.41, 5.74) is 6.40. The maximum Gasteiger partial charge on any atom is 0.109 e. The fourth-order valence-corrected chi connectivity index (χ4v) is 4.59. The topological polar surface area (TPSA) is 9.72 Å². The first kappa shape index (κ1) is 19.0. The van der Waals surface area contributed by atoms with Crippen LogP contribution in [0.3, 0.4) is 0 Å². The van der Waals surface area contributed by atoms with Gasteiger partial charge in [-0.3, -0.25) is 0 Å². The minimum atomic E-state index is 0.0346. The molecule has 0 unspecified atom stereocenters. The molecule has 2 aromatic carbocycles. The Morgan fingerprint density at radius 1 is 0.964 bits per heavy atom. The van der Waals surface area contributed by atoms with Gasteiger partial charge in [0.25, 0.3) is 0 Å². The zero-order chi connectivity index (χ0) is 19.9. The molecule has 2 aliphatic rings. The fraction of sp³-hybridized carbons (Fsp3) is 0.375. The van der Waals surface area contributed by atoms with Gasteiger partial charge in [0, 0.05) is 55.7 Å². The van der Waals surface area contributed by atoms with Gasteiger partial charge in [-0.1, -0.05) is 36.5 Å². The summed E-state index contributed by atoms with van der Waals surface area (Å²) in [4.78, 5) is 8.11. The van der Waals surface area contributed by atoms with Crippen LogP contribution in [-0.2, 0) is 0 Å². The molecule has 3 nitrogen and oxygen atoms in total. The number of nitrogens with zero attached hydrogens (tertiary/aromatic N) is 3. The monoisotopic (exact) mass is 391 g/mol. The molecule has 0 amide bonds. The van der Waals surface area contributed by atoms with E-state index in [1.165, 1.54) is 22.5 Å². The Bertz CT molecular complexity index is 909. The first-order valence-corrected chi connectivity index (χ1v) is 10.4. The highest BCUT2D eigenvalue weighted by Crippen LogP contribution is 2.38. The van der Waals surface area contributed by atoms with Crippen LogP contribution in [0.1, 0.15) is 31.9 Å². The number of piperazine rings is 1. The van der Waals surface area contributed by atoms with Gasteiger partial charge in [0.2, 0.25) is 0 Å². The minimum Gasteiger partial charge on any atom is -0.368 e. The van der Waals surface area contributed by atoms with E-state index in [0.717, 1.165) is 36.7 Å². The normalized spacial score (nSPS) is 18.6. The number of hydrogen-bond acceptors (Lipinski definition) is 3. The minimum absolute atomic E-state index is 0.0346. The van der Waals surface area contributed by atoms with Crippen LogP contribution in [0.5, 0.6) is 0 Å². The smallest absolute Gasteiger partial charge is 0.109 e. The van der Waals surface area contributed by atoms with Crippen LogP contribution in [0, 0.1) is 0 Å². The van der Waals surface area contributed by atoms with Crippen molar-refractivity contribution >= 4 is 34.2 Å². The van der Waals surface area contributed by atoms with Crippen LogP contribution in [0.25, 0.3) is 5.57 Å². The average Bonchev–Trinajstić information content (AvgIpc) is 2.72. The van der Waals surface area contributed by atoms with Gasteiger partial charge in [-0.15, -0.1) is 0 Å². The number of anilines is 2. The Morgan fingerprint density at radius 3 is 2.32 bits per heavy atom. The Morgan fingerprint density at radius 2 is 1.64 bits per heavy atom. The predicted octanol–water partition coefficient (Wildman–Crippen LogP) is 4.82. The van der Waals surface area contributed by atoms with Gasteiger partial charge in [0.1, 0.15) is 4.99 Å². The van der Waals surface area contributed by atoms with E-state index in [1.54, 1.807) is 0 Å². The van der Waals surface area contributed by atoms with Gasteiger partial charge >= 0.3 is 0 Å². The number of rotatable bonds is 2. The van der Waals surface area contributed by atoms with Crippen LogP contribution in [0.4, 0.5) is 11.4 Å². The highest BCUT2D eigenvalue weighted by atomic mass is 32.1. The summed E-state index contributed by atoms with van der Waals surface area (Å²) in [6.07, 6.45) is 2.35. The van der Waals surface area contributed by atoms with E-state index < -0.39 is 0 Å². The molecule has 0 aromatic heterocycles. The summed E-state index contributed by atoms with van der Waals surface area (Å²) >= 11 is 5.89. The number of fused-ring (bicyclic) bond motifs is 1. The molecule has 1 fully saturated rings. The third kappa shape index (κ3) is 3.42. The largest absolute Gasteiger partial charge is 0.368 e. The van der Waals surface area contributed by atoms with Crippen LogP contribution in [0.2, 0.25) is 0 Å². The third-order valence-corrected chi connectivity index (χ3v) is 6.65. The molecule has 0 radical (unpaired) electrons. The van der Waals surface area contributed by atoms with E-state index in [4.69, 9.17) is 12.2 Å². The molecule has 0 bridgehead atoms. The van der Waals surface area contributed by atoms with Crippen molar-refractivity contribution in [3.05, 3.63) is 65.7 Å². The van der Waals surface area contributed by atoms with E-state index in [-0.39, 0.29) is 5.54 Å². The lowest BCUT2D eigenvalue weighted by atomic mass is 9.88. The molecule has 0 spiro atoms. The van der Waals surface area contributed by atoms with Crippen molar-refractivity contribution in [2.24, 2.45) is 0 Å². The first-order valence-electron chi connectivity index (χ1n) is 10.0. The average molecular weight is 392 g/mol. The fourth-order valence-electron chi connectivity index (χ4n) is 4.28. The van der Waals surface area contributed by atoms with Crippen molar-refractivity contribution in [1.29, 1.82) is 0 Å². The van der Waals surface area contributed by atoms with Gasteiger partial charge < -0.3 is 14.7 Å². The Labute approximate surface area is 174 Å². The van der Waals surface area contributed by atoms with Gasteiger partial charge in [-0.25, -0.2) is 0 Å². The van der Waals surface area contributed by atoms with E-state index in [0.29, 0.717) is 0 Å². The summed E-state index contributed by atoms with van der Waals surface area (Å²) in [5.74, 6) is 0. The van der Waals surface area contributed by atoms with Crippen molar-refractivity contribution in [3.63, 3.8) is 0 Å². The molecule has 0 aliphatic carbocycles. The van der Waals surface area contributed by atoms with Crippen LogP contribution >= 0.6 is 12.2 Å². The van der Waals surface area contributed by atoms with Gasteiger partial charge in [0.05, 0.1) is 5.54 Å². The van der Waals surface area contributed by atoms with Crippen molar-refractivity contribution < 1.29 is 0 Å². The SMILES string of the molecule is CC1=CC(C)(C)N(C)c2ccc(C(=S)N3CCN(c4ccccc4)CC3)cc21. The lowest BCUT2D eigenvalue weighted by Crippen LogP contribution is -2.48. The number of para-hydroxylation sites is 1. The standard InChI is InChI=1S/C24H29N3S/c1-18-17-24(2,3)25(4)22-11-10-19(16-21(18)22)23(28)27-14-12-26(13-15-27)20-8-6-5-7-9-20/h5-11,16-17H,12-15H2,1-4H3. The number of hydrogen-bond donors (Lipinski definition) is 0. The molecule has 0 atom stereocenters. The molecule has 28 heavy (non-hydrogen) atoms. The Kier molecular flexibility index (Phi) is 4.92. The van der Waals surface area contributed by atoms with E-state index in [2.05, 4.69) is 97.1 Å². The summed E-state index contributed by atoms with van der Waals surface area (Å²) in [5, 5.41) is 0. The summed E-state index contributed by atoms with van der Waals surface area (Å²) < 4.78 is 0. The third-order valence-electron chi connectivity index (χ3n) is 6.15. The molecule has 146 valence electrons. The summed E-state index contributed by atoms with van der Waals surface area (Å²) in [6, 6.07) is 17.3. The second-order valence-electron chi connectivity index (χ2n) is 8.39. The Balaban J connectivity index is 1.50. The summed E-state index contributed by atoms with van der Waals surface area (Å²) in [6.45, 7) is 10.7. The number of thiocarbonyl (C=S) groups is 1. The molecule has 4 heteroatoms. The number of likely N-dealkylation sites (N-methyl/N-ethyl adjacent to an activating group) is 1. The highest BCUT2D eigenvalue weighted by molar-refractivity contribution is 7.80. The second-order valence-corrected chi connectivity index (χ2v) is 8.77. The first-order chi connectivity index (χ1) is 13.4. The van der Waals surface area contributed by atoms with E-state index >= 15 is 0 Å². The second kappa shape index (κ2) is 7.25. The molecule has 2 aliphatic heterocycles. The Hall–Kier alpha value is -2.33. The molecule has 4 rings (SSSR count). The zero-order valence-corrected chi connectivity index (χ0v) is 18.1.